The summed E-state index contributed by atoms with van der Waals surface area (Å²) in [7, 11) is -3.71. The first-order valence-corrected chi connectivity index (χ1v) is 12.4. The summed E-state index contributed by atoms with van der Waals surface area (Å²) in [4.78, 5) is 15.9. The summed E-state index contributed by atoms with van der Waals surface area (Å²) in [6.45, 7) is 0.809. The Kier molecular flexibility index (Phi) is 7.09. The Labute approximate surface area is 212 Å². The van der Waals surface area contributed by atoms with Gasteiger partial charge in [-0.1, -0.05) is 12.1 Å². The van der Waals surface area contributed by atoms with Crippen LogP contribution in [-0.4, -0.2) is 46.5 Å². The monoisotopic (exact) mass is 559 g/mol. The lowest BCUT2D eigenvalue weighted by Gasteiger charge is -2.15. The Balaban J connectivity index is 1.67. The Morgan fingerprint density at radius 1 is 0.921 bits per heavy atom. The minimum Gasteiger partial charge on any atom is -0.366 e. The first-order valence-electron chi connectivity index (χ1n) is 11.0. The van der Waals surface area contributed by atoms with Crippen molar-refractivity contribution in [3.8, 4) is 11.4 Å². The van der Waals surface area contributed by atoms with Gasteiger partial charge in [0.1, 0.15) is 6.33 Å². The number of nitrogens with two attached hydrogens (primary N) is 1. The number of halogens is 6. The van der Waals surface area contributed by atoms with Crippen LogP contribution in [0.2, 0.25) is 0 Å². The van der Waals surface area contributed by atoms with E-state index in [1.165, 1.54) is 28.6 Å². The topological polar surface area (TPSA) is 111 Å². The molecule has 1 aromatic heterocycles. The Bertz CT molecular complexity index is 1460. The van der Waals surface area contributed by atoms with E-state index in [0.717, 1.165) is 30.1 Å². The summed E-state index contributed by atoms with van der Waals surface area (Å²) in [6.07, 6.45) is -6.55. The molecule has 2 N–H and O–H groups in total. The van der Waals surface area contributed by atoms with Crippen LogP contribution in [0.4, 0.5) is 26.3 Å². The van der Waals surface area contributed by atoms with Crippen molar-refractivity contribution in [3.05, 3.63) is 65.5 Å². The quantitative estimate of drug-likeness (QED) is 0.359. The van der Waals surface area contributed by atoms with Gasteiger partial charge in [0.25, 0.3) is 5.91 Å². The number of sulfonamides is 1. The highest BCUT2D eigenvalue weighted by Crippen LogP contribution is 2.38. The van der Waals surface area contributed by atoms with Crippen molar-refractivity contribution in [3.63, 3.8) is 0 Å². The van der Waals surface area contributed by atoms with Gasteiger partial charge in [-0.15, -0.1) is 5.10 Å². The number of carbonyl (C=O) groups excluding carboxylic acids is 1. The molecule has 0 saturated carbocycles. The first-order chi connectivity index (χ1) is 17.7. The predicted molar refractivity (Wildman–Crippen MR) is 123 cm³/mol. The summed E-state index contributed by atoms with van der Waals surface area (Å²) >= 11 is 0. The van der Waals surface area contributed by atoms with E-state index in [0.29, 0.717) is 25.2 Å². The Morgan fingerprint density at radius 2 is 1.47 bits per heavy atom. The third kappa shape index (κ3) is 5.72. The lowest BCUT2D eigenvalue weighted by Crippen LogP contribution is -2.27. The van der Waals surface area contributed by atoms with E-state index >= 15 is 0 Å². The number of primary amides is 1. The SMILES string of the molecule is NC(=O)/C(=C/n1cnc(-c2cc(C(F)(F)F)cc(C(F)(F)F)c2)n1)c1ccc(S(=O)(=O)N2CCCC2)cc1. The lowest BCUT2D eigenvalue weighted by atomic mass is 10.0. The number of amides is 1. The largest absolute Gasteiger partial charge is 0.416 e. The van der Waals surface area contributed by atoms with Gasteiger partial charge >= 0.3 is 12.4 Å². The highest BCUT2D eigenvalue weighted by Gasteiger charge is 2.37. The van der Waals surface area contributed by atoms with Gasteiger partial charge in [0, 0.05) is 24.9 Å². The maximum atomic E-state index is 13.2. The number of rotatable bonds is 6. The summed E-state index contributed by atoms with van der Waals surface area (Å²) in [5.74, 6) is -1.41. The van der Waals surface area contributed by atoms with Gasteiger partial charge in [-0.05, 0) is 48.7 Å². The van der Waals surface area contributed by atoms with Crippen LogP contribution in [0.25, 0.3) is 23.2 Å². The molecule has 202 valence electrons. The van der Waals surface area contributed by atoms with Crippen molar-refractivity contribution in [2.75, 3.05) is 13.1 Å². The minimum absolute atomic E-state index is 0.0139. The van der Waals surface area contributed by atoms with E-state index in [1.54, 1.807) is 0 Å². The average molecular weight is 559 g/mol. The Hall–Kier alpha value is -3.72. The van der Waals surface area contributed by atoms with Gasteiger partial charge in [-0.2, -0.15) is 30.6 Å². The molecule has 1 saturated heterocycles. The second kappa shape index (κ2) is 9.87. The molecular weight excluding hydrogens is 540 g/mol. The standard InChI is InChI=1S/C23H19F6N5O3S/c24-22(25,26)16-9-15(10-17(11-16)23(27,28)29)21-31-13-33(32-21)12-19(20(30)35)14-3-5-18(6-4-14)38(36,37)34-7-1-2-8-34/h3-6,9-13H,1-2,7-8H2,(H2,30,35)/b19-12+. The maximum absolute atomic E-state index is 13.2. The molecule has 0 atom stereocenters. The van der Waals surface area contributed by atoms with Crippen LogP contribution < -0.4 is 5.73 Å². The molecule has 2 heterocycles. The number of aromatic nitrogens is 3. The molecule has 3 aromatic rings. The molecule has 0 bridgehead atoms. The summed E-state index contributed by atoms with van der Waals surface area (Å²) in [6, 6.07) is 6.24. The normalized spacial score (nSPS) is 15.7. The summed E-state index contributed by atoms with van der Waals surface area (Å²) in [5, 5.41) is 3.87. The van der Waals surface area contributed by atoms with Crippen LogP contribution in [0.3, 0.4) is 0 Å². The third-order valence-corrected chi connectivity index (χ3v) is 7.66. The van der Waals surface area contributed by atoms with Crippen LogP contribution in [0, 0.1) is 0 Å². The molecule has 0 aliphatic carbocycles. The summed E-state index contributed by atoms with van der Waals surface area (Å²) < 4.78 is 107. The van der Waals surface area contributed by atoms with Gasteiger partial charge in [-0.3, -0.25) is 4.79 Å². The molecule has 15 heteroatoms. The zero-order chi connectivity index (χ0) is 27.9. The number of carbonyl (C=O) groups is 1. The van der Waals surface area contributed by atoms with E-state index in [9.17, 15) is 39.6 Å². The molecule has 4 rings (SSSR count). The predicted octanol–water partition coefficient (Wildman–Crippen LogP) is 4.25. The van der Waals surface area contributed by atoms with Crippen molar-refractivity contribution in [2.45, 2.75) is 30.1 Å². The molecule has 1 aliphatic heterocycles. The van der Waals surface area contributed by atoms with Crippen LogP contribution in [0.1, 0.15) is 29.5 Å². The van der Waals surface area contributed by atoms with Crippen molar-refractivity contribution in [1.29, 1.82) is 0 Å². The zero-order valence-corrected chi connectivity index (χ0v) is 20.1. The van der Waals surface area contributed by atoms with Gasteiger partial charge in [0.05, 0.1) is 21.6 Å². The number of alkyl halides is 6. The highest BCUT2D eigenvalue weighted by atomic mass is 32.2. The highest BCUT2D eigenvalue weighted by molar-refractivity contribution is 7.89. The molecule has 1 amide bonds. The number of benzene rings is 2. The van der Waals surface area contributed by atoms with Crippen LogP contribution in [-0.2, 0) is 27.2 Å². The number of hydrogen-bond donors (Lipinski definition) is 1. The second-order valence-corrected chi connectivity index (χ2v) is 10.3. The van der Waals surface area contributed by atoms with E-state index in [2.05, 4.69) is 10.1 Å². The van der Waals surface area contributed by atoms with Gasteiger partial charge in [-0.25, -0.2) is 18.1 Å². The molecule has 1 aliphatic rings. The average Bonchev–Trinajstić information content (AvgIpc) is 3.54. The molecule has 38 heavy (non-hydrogen) atoms. The van der Waals surface area contributed by atoms with E-state index < -0.39 is 50.8 Å². The lowest BCUT2D eigenvalue weighted by molar-refractivity contribution is -0.143. The molecular formula is C23H19F6N5O3S. The van der Waals surface area contributed by atoms with Crippen LogP contribution in [0.5, 0.6) is 0 Å². The fourth-order valence-corrected chi connectivity index (χ4v) is 5.37. The zero-order valence-electron chi connectivity index (χ0n) is 19.3. The van der Waals surface area contributed by atoms with Gasteiger partial charge in [0.2, 0.25) is 10.0 Å². The molecule has 0 unspecified atom stereocenters. The molecule has 0 radical (unpaired) electrons. The van der Waals surface area contributed by atoms with E-state index in [-0.39, 0.29) is 22.1 Å². The van der Waals surface area contributed by atoms with Crippen molar-refractivity contribution >= 4 is 27.7 Å². The van der Waals surface area contributed by atoms with E-state index in [1.807, 2.05) is 0 Å². The molecule has 1 fully saturated rings. The van der Waals surface area contributed by atoms with Gasteiger partial charge < -0.3 is 5.73 Å². The van der Waals surface area contributed by atoms with Crippen LogP contribution in [0.15, 0.2) is 53.7 Å². The summed E-state index contributed by atoms with van der Waals surface area (Å²) in [5.41, 5.74) is 1.88. The van der Waals surface area contributed by atoms with Gasteiger partial charge in [0.15, 0.2) is 5.82 Å². The fourth-order valence-electron chi connectivity index (χ4n) is 3.85. The van der Waals surface area contributed by atoms with Crippen molar-refractivity contribution < 1.29 is 39.6 Å². The second-order valence-electron chi connectivity index (χ2n) is 8.39. The van der Waals surface area contributed by atoms with Crippen molar-refractivity contribution in [2.24, 2.45) is 5.73 Å². The van der Waals surface area contributed by atoms with Crippen LogP contribution >= 0.6 is 0 Å². The number of nitrogens with zero attached hydrogens (tertiary/aromatic N) is 4. The molecule has 0 spiro atoms. The fraction of sp³-hybridized carbons (Fsp3) is 0.261. The Morgan fingerprint density at radius 3 is 1.97 bits per heavy atom. The maximum Gasteiger partial charge on any atom is 0.416 e. The van der Waals surface area contributed by atoms with Crippen molar-refractivity contribution in [1.82, 2.24) is 19.1 Å². The molecule has 8 nitrogen and oxygen atoms in total. The van der Waals surface area contributed by atoms with E-state index in [4.69, 9.17) is 5.73 Å². The number of hydrogen-bond acceptors (Lipinski definition) is 5. The smallest absolute Gasteiger partial charge is 0.366 e. The minimum atomic E-state index is -5.05. The molecule has 2 aromatic carbocycles. The third-order valence-electron chi connectivity index (χ3n) is 5.75. The first kappa shape index (κ1) is 27.3.